The molecule has 1 N–H and O–H groups in total. The molecule has 0 radical (unpaired) electrons. The first-order chi connectivity index (χ1) is 9.97. The van der Waals surface area contributed by atoms with Crippen LogP contribution in [0.4, 0.5) is 0 Å². The molecule has 108 valence electrons. The zero-order valence-electron chi connectivity index (χ0n) is 12.0. The summed E-state index contributed by atoms with van der Waals surface area (Å²) in [7, 11) is 0. The number of carboxylic acid groups (broad SMARTS) is 1. The van der Waals surface area contributed by atoms with E-state index < -0.39 is 5.97 Å². The Morgan fingerprint density at radius 2 is 2.14 bits per heavy atom. The summed E-state index contributed by atoms with van der Waals surface area (Å²) < 4.78 is 1.76. The van der Waals surface area contributed by atoms with E-state index >= 15 is 0 Å². The van der Waals surface area contributed by atoms with Crippen LogP contribution in [-0.4, -0.2) is 25.8 Å². The Labute approximate surface area is 125 Å². The van der Waals surface area contributed by atoms with E-state index in [4.69, 9.17) is 0 Å². The summed E-state index contributed by atoms with van der Waals surface area (Å²) >= 11 is 1.60. The van der Waals surface area contributed by atoms with Gasteiger partial charge in [0.25, 0.3) is 0 Å². The first-order valence-corrected chi connectivity index (χ1v) is 7.47. The molecule has 3 aromatic rings. The number of aromatic carboxylic acids is 1. The number of aryl methyl sites for hydroxylation is 1. The minimum atomic E-state index is -0.958. The highest BCUT2D eigenvalue weighted by Crippen LogP contribution is 2.30. The highest BCUT2D eigenvalue weighted by molar-refractivity contribution is 7.15. The summed E-state index contributed by atoms with van der Waals surface area (Å²) in [6.07, 6.45) is 1.58. The van der Waals surface area contributed by atoms with Gasteiger partial charge in [-0.2, -0.15) is 5.10 Å². The van der Waals surface area contributed by atoms with Crippen LogP contribution in [0.1, 0.15) is 35.1 Å². The SMILES string of the molecule is Cc1ccc(-c2cc(C(=O)O)c3cnn(C(C)C)c3n2)s1. The highest BCUT2D eigenvalue weighted by atomic mass is 32.1. The van der Waals surface area contributed by atoms with Crippen LogP contribution in [0.15, 0.2) is 24.4 Å². The van der Waals surface area contributed by atoms with Gasteiger partial charge in [0.05, 0.1) is 27.7 Å². The van der Waals surface area contributed by atoms with Gasteiger partial charge in [-0.05, 0) is 39.0 Å². The van der Waals surface area contributed by atoms with E-state index in [2.05, 4.69) is 10.1 Å². The monoisotopic (exact) mass is 301 g/mol. The number of fused-ring (bicyclic) bond motifs is 1. The van der Waals surface area contributed by atoms with Gasteiger partial charge in [0.15, 0.2) is 5.65 Å². The molecule has 3 rings (SSSR count). The van der Waals surface area contributed by atoms with Crippen molar-refractivity contribution in [3.63, 3.8) is 0 Å². The van der Waals surface area contributed by atoms with Gasteiger partial charge in [-0.1, -0.05) is 0 Å². The van der Waals surface area contributed by atoms with Crippen molar-refractivity contribution in [3.8, 4) is 10.6 Å². The predicted octanol–water partition coefficient (Wildman–Crippen LogP) is 3.75. The number of pyridine rings is 1. The largest absolute Gasteiger partial charge is 0.478 e. The Morgan fingerprint density at radius 1 is 1.38 bits per heavy atom. The first-order valence-electron chi connectivity index (χ1n) is 6.65. The van der Waals surface area contributed by atoms with E-state index in [-0.39, 0.29) is 11.6 Å². The number of carboxylic acids is 1. The molecule has 0 spiro atoms. The molecule has 0 saturated carbocycles. The zero-order chi connectivity index (χ0) is 15.1. The summed E-state index contributed by atoms with van der Waals surface area (Å²) in [6, 6.07) is 5.72. The lowest BCUT2D eigenvalue weighted by Gasteiger charge is -2.08. The summed E-state index contributed by atoms with van der Waals surface area (Å²) in [5, 5.41) is 14.3. The molecule has 0 aliphatic rings. The summed E-state index contributed by atoms with van der Waals surface area (Å²) in [5.74, 6) is -0.958. The zero-order valence-corrected chi connectivity index (χ0v) is 12.8. The molecule has 0 unspecified atom stereocenters. The number of thiophene rings is 1. The third-order valence-corrected chi connectivity index (χ3v) is 4.30. The Balaban J connectivity index is 2.31. The average Bonchev–Trinajstić information content (AvgIpc) is 3.03. The minimum absolute atomic E-state index is 0.122. The molecule has 0 aliphatic carbocycles. The minimum Gasteiger partial charge on any atom is -0.478 e. The molecule has 3 heterocycles. The van der Waals surface area contributed by atoms with Crippen LogP contribution in [0.2, 0.25) is 0 Å². The molecule has 6 heteroatoms. The molecule has 0 bridgehead atoms. The molecule has 0 aromatic carbocycles. The van der Waals surface area contributed by atoms with Gasteiger partial charge in [0.2, 0.25) is 0 Å². The Hall–Kier alpha value is -2.21. The van der Waals surface area contributed by atoms with E-state index in [1.54, 1.807) is 28.3 Å². The molecule has 21 heavy (non-hydrogen) atoms. The average molecular weight is 301 g/mol. The van der Waals surface area contributed by atoms with E-state index in [1.165, 1.54) is 4.88 Å². The second-order valence-electron chi connectivity index (χ2n) is 5.19. The van der Waals surface area contributed by atoms with Crippen molar-refractivity contribution in [3.05, 3.63) is 34.8 Å². The van der Waals surface area contributed by atoms with Crippen molar-refractivity contribution in [2.24, 2.45) is 0 Å². The molecule has 3 aromatic heterocycles. The third kappa shape index (κ3) is 2.31. The predicted molar refractivity (Wildman–Crippen MR) is 82.9 cm³/mol. The smallest absolute Gasteiger partial charge is 0.336 e. The molecule has 5 nitrogen and oxygen atoms in total. The number of nitrogens with zero attached hydrogens (tertiary/aromatic N) is 3. The Morgan fingerprint density at radius 3 is 2.71 bits per heavy atom. The summed E-state index contributed by atoms with van der Waals surface area (Å²) in [6.45, 7) is 6.01. The second kappa shape index (κ2) is 4.96. The molecule has 0 fully saturated rings. The van der Waals surface area contributed by atoms with E-state index in [1.807, 2.05) is 32.9 Å². The normalized spacial score (nSPS) is 11.4. The fourth-order valence-electron chi connectivity index (χ4n) is 2.27. The third-order valence-electron chi connectivity index (χ3n) is 3.28. The molecular weight excluding hydrogens is 286 g/mol. The van der Waals surface area contributed by atoms with Crippen LogP contribution < -0.4 is 0 Å². The van der Waals surface area contributed by atoms with Crippen molar-refractivity contribution in [2.45, 2.75) is 26.8 Å². The molecule has 0 amide bonds. The van der Waals surface area contributed by atoms with Gasteiger partial charge < -0.3 is 5.11 Å². The van der Waals surface area contributed by atoms with Crippen LogP contribution in [0, 0.1) is 6.92 Å². The van der Waals surface area contributed by atoms with Crippen molar-refractivity contribution in [2.75, 3.05) is 0 Å². The number of aromatic nitrogens is 3. The lowest BCUT2D eigenvalue weighted by Crippen LogP contribution is -2.05. The van der Waals surface area contributed by atoms with Crippen molar-refractivity contribution in [1.29, 1.82) is 0 Å². The molecule has 0 atom stereocenters. The molecular formula is C15H15N3O2S. The first kappa shape index (κ1) is 13.8. The topological polar surface area (TPSA) is 68.0 Å². The van der Waals surface area contributed by atoms with Crippen molar-refractivity contribution >= 4 is 28.3 Å². The fourth-order valence-corrected chi connectivity index (χ4v) is 3.10. The van der Waals surface area contributed by atoms with E-state index in [0.717, 1.165) is 4.88 Å². The summed E-state index contributed by atoms with van der Waals surface area (Å²) in [5.41, 5.74) is 1.54. The quantitative estimate of drug-likeness (QED) is 0.800. The van der Waals surface area contributed by atoms with E-state index in [9.17, 15) is 9.90 Å². The highest BCUT2D eigenvalue weighted by Gasteiger charge is 2.18. The lowest BCUT2D eigenvalue weighted by molar-refractivity contribution is 0.0699. The molecule has 0 aliphatic heterocycles. The van der Waals surface area contributed by atoms with E-state index in [0.29, 0.717) is 16.7 Å². The molecule has 0 saturated heterocycles. The fraction of sp³-hybridized carbons (Fsp3) is 0.267. The Bertz CT molecular complexity index is 833. The summed E-state index contributed by atoms with van der Waals surface area (Å²) in [4.78, 5) is 18.3. The van der Waals surface area contributed by atoms with Crippen molar-refractivity contribution < 1.29 is 9.90 Å². The van der Waals surface area contributed by atoms with Crippen LogP contribution in [-0.2, 0) is 0 Å². The van der Waals surface area contributed by atoms with Gasteiger partial charge in [-0.3, -0.25) is 0 Å². The number of carbonyl (C=O) groups is 1. The lowest BCUT2D eigenvalue weighted by atomic mass is 10.1. The number of rotatable bonds is 3. The van der Waals surface area contributed by atoms with Gasteiger partial charge in [-0.15, -0.1) is 11.3 Å². The van der Waals surface area contributed by atoms with Crippen LogP contribution in [0.5, 0.6) is 0 Å². The van der Waals surface area contributed by atoms with Gasteiger partial charge >= 0.3 is 5.97 Å². The number of hydrogen-bond acceptors (Lipinski definition) is 4. The van der Waals surface area contributed by atoms with Gasteiger partial charge in [-0.25, -0.2) is 14.5 Å². The van der Waals surface area contributed by atoms with Crippen molar-refractivity contribution in [1.82, 2.24) is 14.8 Å². The Kier molecular flexibility index (Phi) is 3.25. The maximum atomic E-state index is 11.5. The van der Waals surface area contributed by atoms with Crippen LogP contribution in [0.3, 0.4) is 0 Å². The number of hydrogen-bond donors (Lipinski definition) is 1. The van der Waals surface area contributed by atoms with Crippen LogP contribution in [0.25, 0.3) is 21.6 Å². The standard InChI is InChI=1S/C15H15N3O2S/c1-8(2)18-14-11(7-16-18)10(15(19)20)6-12(17-14)13-5-4-9(3)21-13/h4-8H,1-3H3,(H,19,20). The van der Waals surface area contributed by atoms with Crippen LogP contribution >= 0.6 is 11.3 Å². The van der Waals surface area contributed by atoms with Gasteiger partial charge in [0, 0.05) is 10.9 Å². The maximum absolute atomic E-state index is 11.5. The van der Waals surface area contributed by atoms with Gasteiger partial charge in [0.1, 0.15) is 0 Å². The maximum Gasteiger partial charge on any atom is 0.336 e. The second-order valence-corrected chi connectivity index (χ2v) is 6.48.